The Balaban J connectivity index is 0.00000193. The number of halogens is 2. The van der Waals surface area contributed by atoms with E-state index in [2.05, 4.69) is 40.5 Å². The zero-order valence-corrected chi connectivity index (χ0v) is 21.2. The molecule has 0 bridgehead atoms. The average Bonchev–Trinajstić information content (AvgIpc) is 3.56. The van der Waals surface area contributed by atoms with Crippen LogP contribution in [0.2, 0.25) is 0 Å². The van der Waals surface area contributed by atoms with Gasteiger partial charge in [0.1, 0.15) is 12.4 Å². The molecule has 4 rings (SSSR count). The average molecular weight is 495 g/mol. The summed E-state index contributed by atoms with van der Waals surface area (Å²) < 4.78 is 5.93. The van der Waals surface area contributed by atoms with Gasteiger partial charge in [-0.15, -0.1) is 24.8 Å². The number of benzene rings is 2. The minimum Gasteiger partial charge on any atom is -0.492 e. The van der Waals surface area contributed by atoms with E-state index in [4.69, 9.17) is 4.74 Å². The van der Waals surface area contributed by atoms with Crippen LogP contribution in [0.4, 0.5) is 0 Å². The summed E-state index contributed by atoms with van der Waals surface area (Å²) in [4.78, 5) is 15.9. The topological polar surface area (TPSA) is 44.8 Å². The molecule has 0 unspecified atom stereocenters. The predicted octanol–water partition coefficient (Wildman–Crippen LogP) is 4.15. The number of carbonyl (C=O) groups excluding carboxylic acids is 1. The minimum atomic E-state index is 0. The lowest BCUT2D eigenvalue weighted by Crippen LogP contribution is -2.44. The van der Waals surface area contributed by atoms with Crippen molar-refractivity contribution in [1.29, 1.82) is 0 Å². The highest BCUT2D eigenvalue weighted by Crippen LogP contribution is 2.41. The van der Waals surface area contributed by atoms with Gasteiger partial charge in [-0.2, -0.15) is 0 Å². The minimum absolute atomic E-state index is 0. The van der Waals surface area contributed by atoms with Crippen LogP contribution in [0, 0.1) is 0 Å². The highest BCUT2D eigenvalue weighted by molar-refractivity contribution is 5.85. The molecule has 0 spiro atoms. The molecular formula is C26H37Cl2N3O2. The van der Waals surface area contributed by atoms with Crippen molar-refractivity contribution in [2.24, 2.45) is 0 Å². The number of nitrogens with zero attached hydrogens (tertiary/aromatic N) is 2. The van der Waals surface area contributed by atoms with Crippen molar-refractivity contribution in [2.45, 2.75) is 43.7 Å². The SMILES string of the molecule is CN(C)C(=O)Cc1ccc(OCCN2CCC(N[C@@H]3C[C@H]3c3ccccc3)CC2)cc1.Cl.Cl. The fourth-order valence-corrected chi connectivity index (χ4v) is 4.40. The Morgan fingerprint density at radius 3 is 2.33 bits per heavy atom. The van der Waals surface area contributed by atoms with Gasteiger partial charge in [-0.25, -0.2) is 0 Å². The third kappa shape index (κ3) is 8.18. The zero-order chi connectivity index (χ0) is 21.6. The van der Waals surface area contributed by atoms with E-state index >= 15 is 0 Å². The van der Waals surface area contributed by atoms with Crippen LogP contribution in [0.15, 0.2) is 54.6 Å². The van der Waals surface area contributed by atoms with Crippen LogP contribution in [0.1, 0.15) is 36.3 Å². The maximum atomic E-state index is 11.8. The monoisotopic (exact) mass is 493 g/mol. The Morgan fingerprint density at radius 2 is 1.70 bits per heavy atom. The lowest BCUT2D eigenvalue weighted by Gasteiger charge is -2.32. The van der Waals surface area contributed by atoms with E-state index in [0.717, 1.165) is 30.9 Å². The second-order valence-electron chi connectivity index (χ2n) is 9.10. The number of piperidine rings is 1. The molecule has 33 heavy (non-hydrogen) atoms. The molecular weight excluding hydrogens is 457 g/mol. The van der Waals surface area contributed by atoms with E-state index in [1.54, 1.807) is 19.0 Å². The summed E-state index contributed by atoms with van der Waals surface area (Å²) in [6.45, 7) is 3.93. The molecule has 5 nitrogen and oxygen atoms in total. The van der Waals surface area contributed by atoms with Crippen LogP contribution in [0.5, 0.6) is 5.75 Å². The van der Waals surface area contributed by atoms with Crippen molar-refractivity contribution in [3.8, 4) is 5.75 Å². The van der Waals surface area contributed by atoms with Gasteiger partial charge in [-0.1, -0.05) is 42.5 Å². The molecule has 2 aliphatic rings. The Hall–Kier alpha value is -1.79. The molecule has 2 fully saturated rings. The van der Waals surface area contributed by atoms with Gasteiger partial charge in [0, 0.05) is 38.6 Å². The van der Waals surface area contributed by atoms with Gasteiger partial charge in [-0.3, -0.25) is 9.69 Å². The van der Waals surface area contributed by atoms with Crippen molar-refractivity contribution < 1.29 is 9.53 Å². The summed E-state index contributed by atoms with van der Waals surface area (Å²) >= 11 is 0. The number of hydrogen-bond acceptors (Lipinski definition) is 4. The van der Waals surface area contributed by atoms with Gasteiger partial charge in [0.2, 0.25) is 5.91 Å². The Morgan fingerprint density at radius 1 is 1.03 bits per heavy atom. The molecule has 7 heteroatoms. The summed E-state index contributed by atoms with van der Waals surface area (Å²) in [6.07, 6.45) is 4.14. The summed E-state index contributed by atoms with van der Waals surface area (Å²) in [5.74, 6) is 1.70. The lowest BCUT2D eigenvalue weighted by atomic mass is 10.0. The van der Waals surface area contributed by atoms with Gasteiger partial charge < -0.3 is 15.0 Å². The molecule has 2 aromatic rings. The van der Waals surface area contributed by atoms with Gasteiger partial charge in [0.05, 0.1) is 6.42 Å². The standard InChI is InChI=1S/C26H35N3O2.2ClH/c1-28(2)26(30)18-20-8-10-23(11-9-20)31-17-16-29-14-12-22(13-15-29)27-25-19-24(25)21-6-4-3-5-7-21;;/h3-11,22,24-25,27H,12-19H2,1-2H3;2*1H/t24-,25+;;/m0../s1. The summed E-state index contributed by atoms with van der Waals surface area (Å²) in [7, 11) is 3.57. The summed E-state index contributed by atoms with van der Waals surface area (Å²) in [5.41, 5.74) is 2.50. The molecule has 1 heterocycles. The molecule has 0 aromatic heterocycles. The third-order valence-corrected chi connectivity index (χ3v) is 6.51. The maximum Gasteiger partial charge on any atom is 0.226 e. The number of amides is 1. The molecule has 182 valence electrons. The Kier molecular flexibility index (Phi) is 11.0. The lowest BCUT2D eigenvalue weighted by molar-refractivity contribution is -0.127. The molecule has 1 N–H and O–H groups in total. The quantitative estimate of drug-likeness (QED) is 0.569. The number of hydrogen-bond donors (Lipinski definition) is 1. The van der Waals surface area contributed by atoms with Gasteiger partial charge in [0.15, 0.2) is 0 Å². The van der Waals surface area contributed by atoms with Crippen LogP contribution in [0.25, 0.3) is 0 Å². The first-order chi connectivity index (χ1) is 15.1. The molecule has 1 saturated carbocycles. The normalized spacial score (nSPS) is 20.3. The Labute approximate surface area is 210 Å². The Bertz CT molecular complexity index is 840. The predicted molar refractivity (Wildman–Crippen MR) is 139 cm³/mol. The van der Waals surface area contributed by atoms with Gasteiger partial charge in [-0.05, 0) is 55.6 Å². The van der Waals surface area contributed by atoms with E-state index in [0.29, 0.717) is 31.0 Å². The van der Waals surface area contributed by atoms with E-state index < -0.39 is 0 Å². The number of nitrogens with one attached hydrogen (secondary N) is 1. The molecule has 2 atom stereocenters. The van der Waals surface area contributed by atoms with Crippen LogP contribution < -0.4 is 10.1 Å². The summed E-state index contributed by atoms with van der Waals surface area (Å²) in [6, 6.07) is 20.1. The maximum absolute atomic E-state index is 11.8. The molecule has 2 aromatic carbocycles. The molecule has 1 aliphatic carbocycles. The largest absolute Gasteiger partial charge is 0.492 e. The smallest absolute Gasteiger partial charge is 0.226 e. The van der Waals surface area contributed by atoms with Crippen molar-refractivity contribution in [3.05, 3.63) is 65.7 Å². The van der Waals surface area contributed by atoms with Crippen molar-refractivity contribution in [2.75, 3.05) is 40.3 Å². The molecule has 1 saturated heterocycles. The number of ether oxygens (including phenoxy) is 1. The first-order valence-electron chi connectivity index (χ1n) is 11.5. The van der Waals surface area contributed by atoms with E-state index in [9.17, 15) is 4.79 Å². The van der Waals surface area contributed by atoms with Crippen LogP contribution in [-0.4, -0.2) is 68.1 Å². The van der Waals surface area contributed by atoms with Crippen molar-refractivity contribution in [1.82, 2.24) is 15.1 Å². The fourth-order valence-electron chi connectivity index (χ4n) is 4.40. The van der Waals surface area contributed by atoms with Gasteiger partial charge >= 0.3 is 0 Å². The number of likely N-dealkylation sites (N-methyl/N-ethyl adjacent to an activating group) is 1. The third-order valence-electron chi connectivity index (χ3n) is 6.51. The van der Waals surface area contributed by atoms with Crippen LogP contribution >= 0.6 is 24.8 Å². The van der Waals surface area contributed by atoms with E-state index in [1.165, 1.54) is 24.8 Å². The molecule has 1 aliphatic heterocycles. The fraction of sp³-hybridized carbons (Fsp3) is 0.500. The molecule has 1 amide bonds. The first-order valence-corrected chi connectivity index (χ1v) is 11.5. The highest BCUT2D eigenvalue weighted by Gasteiger charge is 2.39. The highest BCUT2D eigenvalue weighted by atomic mass is 35.5. The zero-order valence-electron chi connectivity index (χ0n) is 19.6. The number of likely N-dealkylation sites (tertiary alicyclic amines) is 1. The van der Waals surface area contributed by atoms with E-state index in [-0.39, 0.29) is 30.7 Å². The van der Waals surface area contributed by atoms with Crippen LogP contribution in [-0.2, 0) is 11.2 Å². The second-order valence-corrected chi connectivity index (χ2v) is 9.10. The van der Waals surface area contributed by atoms with Crippen LogP contribution in [0.3, 0.4) is 0 Å². The number of rotatable bonds is 9. The molecule has 0 radical (unpaired) electrons. The van der Waals surface area contributed by atoms with Crippen molar-refractivity contribution in [3.63, 3.8) is 0 Å². The van der Waals surface area contributed by atoms with E-state index in [1.807, 2.05) is 24.3 Å². The summed E-state index contributed by atoms with van der Waals surface area (Å²) in [5, 5.41) is 3.88. The number of carbonyl (C=O) groups is 1. The first kappa shape index (κ1) is 27.5. The van der Waals surface area contributed by atoms with Gasteiger partial charge in [0.25, 0.3) is 0 Å². The second kappa shape index (κ2) is 13.2. The van der Waals surface area contributed by atoms with Crippen molar-refractivity contribution >= 4 is 30.7 Å².